The zero-order valence-electron chi connectivity index (χ0n) is 7.36. The number of hydrogen-bond donors (Lipinski definition) is 0. The molecule has 2 rings (SSSR count). The number of alkyl halides is 1. The molecule has 4 nitrogen and oxygen atoms in total. The molecule has 2 atom stereocenters. The van der Waals surface area contributed by atoms with E-state index in [-0.39, 0.29) is 12.2 Å². The van der Waals surface area contributed by atoms with E-state index in [0.717, 1.165) is 12.8 Å². The van der Waals surface area contributed by atoms with Crippen molar-refractivity contribution in [3.63, 3.8) is 0 Å². The third kappa shape index (κ3) is 1.84. The van der Waals surface area contributed by atoms with Crippen LogP contribution in [0.25, 0.3) is 0 Å². The number of aromatic nitrogens is 2. The summed E-state index contributed by atoms with van der Waals surface area (Å²) in [6.45, 7) is 1.77. The zero-order chi connectivity index (χ0) is 9.26. The Morgan fingerprint density at radius 2 is 2.31 bits per heavy atom. The smallest absolute Gasteiger partial charge is 0.245 e. The number of ether oxygens (including phenoxy) is 1. The van der Waals surface area contributed by atoms with E-state index in [2.05, 4.69) is 10.2 Å². The summed E-state index contributed by atoms with van der Waals surface area (Å²) in [5.74, 6) is 1.68. The summed E-state index contributed by atoms with van der Waals surface area (Å²) >= 11 is 5.67. The molecule has 72 valence electrons. The van der Waals surface area contributed by atoms with Crippen molar-refractivity contribution in [2.24, 2.45) is 0 Å². The lowest BCUT2D eigenvalue weighted by Gasteiger charge is -2.06. The normalized spacial score (nSPS) is 28.2. The Hall–Kier alpha value is -0.610. The third-order valence-corrected chi connectivity index (χ3v) is 2.44. The highest BCUT2D eigenvalue weighted by Gasteiger charge is 2.29. The SMILES string of the molecule is Cc1nnc([C@@H]2CC[C@@H](CCl)O2)o1. The number of rotatable bonds is 2. The van der Waals surface area contributed by atoms with Crippen molar-refractivity contribution in [3.05, 3.63) is 11.8 Å². The molecule has 1 aromatic rings. The second kappa shape index (κ2) is 3.64. The minimum Gasteiger partial charge on any atom is -0.423 e. The van der Waals surface area contributed by atoms with Crippen LogP contribution in [-0.4, -0.2) is 22.2 Å². The van der Waals surface area contributed by atoms with E-state index in [1.54, 1.807) is 6.92 Å². The summed E-state index contributed by atoms with van der Waals surface area (Å²) in [6, 6.07) is 0. The summed E-state index contributed by atoms with van der Waals surface area (Å²) in [5, 5.41) is 7.66. The van der Waals surface area contributed by atoms with Crippen molar-refractivity contribution in [1.29, 1.82) is 0 Å². The van der Waals surface area contributed by atoms with Crippen LogP contribution in [0.5, 0.6) is 0 Å². The molecule has 5 heteroatoms. The summed E-state index contributed by atoms with van der Waals surface area (Å²) in [4.78, 5) is 0. The standard InChI is InChI=1S/C8H11ClN2O2/c1-5-10-11-8(12-5)7-3-2-6(4-9)13-7/h6-7H,2-4H2,1H3/t6-,7-/m0/s1. The van der Waals surface area contributed by atoms with E-state index in [1.807, 2.05) is 0 Å². The first kappa shape index (κ1) is 8.97. The summed E-state index contributed by atoms with van der Waals surface area (Å²) in [5.41, 5.74) is 0. The van der Waals surface area contributed by atoms with Crippen LogP contribution in [0, 0.1) is 6.92 Å². The summed E-state index contributed by atoms with van der Waals surface area (Å²) in [6.07, 6.45) is 1.97. The maximum absolute atomic E-state index is 5.67. The Kier molecular flexibility index (Phi) is 2.51. The highest BCUT2D eigenvalue weighted by atomic mass is 35.5. The van der Waals surface area contributed by atoms with Gasteiger partial charge in [-0.25, -0.2) is 0 Å². The van der Waals surface area contributed by atoms with E-state index in [9.17, 15) is 0 Å². The lowest BCUT2D eigenvalue weighted by molar-refractivity contribution is 0.0403. The molecule has 13 heavy (non-hydrogen) atoms. The molecule has 0 bridgehead atoms. The van der Waals surface area contributed by atoms with Gasteiger partial charge in [0.25, 0.3) is 0 Å². The lowest BCUT2D eigenvalue weighted by Crippen LogP contribution is -2.07. The van der Waals surface area contributed by atoms with Crippen LogP contribution in [0.2, 0.25) is 0 Å². The van der Waals surface area contributed by atoms with Crippen molar-refractivity contribution in [2.75, 3.05) is 5.88 Å². The van der Waals surface area contributed by atoms with E-state index in [4.69, 9.17) is 20.8 Å². The second-order valence-electron chi connectivity index (χ2n) is 3.14. The molecular formula is C8H11ClN2O2. The zero-order valence-corrected chi connectivity index (χ0v) is 8.12. The van der Waals surface area contributed by atoms with Gasteiger partial charge >= 0.3 is 0 Å². The van der Waals surface area contributed by atoms with Gasteiger partial charge in [-0.3, -0.25) is 0 Å². The Balaban J connectivity index is 2.03. The summed E-state index contributed by atoms with van der Waals surface area (Å²) in [7, 11) is 0. The van der Waals surface area contributed by atoms with Crippen molar-refractivity contribution in [2.45, 2.75) is 32.0 Å². The van der Waals surface area contributed by atoms with Gasteiger partial charge in [0.05, 0.1) is 6.10 Å². The summed E-state index contributed by atoms with van der Waals surface area (Å²) < 4.78 is 10.9. The van der Waals surface area contributed by atoms with Gasteiger partial charge in [-0.1, -0.05) is 0 Å². The first-order chi connectivity index (χ1) is 6.29. The Labute approximate surface area is 81.2 Å². The molecule has 2 heterocycles. The van der Waals surface area contributed by atoms with Crippen LogP contribution >= 0.6 is 11.6 Å². The molecule has 0 spiro atoms. The molecule has 1 saturated heterocycles. The predicted molar refractivity (Wildman–Crippen MR) is 46.6 cm³/mol. The maximum Gasteiger partial charge on any atom is 0.245 e. The fourth-order valence-corrected chi connectivity index (χ4v) is 1.67. The van der Waals surface area contributed by atoms with Crippen molar-refractivity contribution in [1.82, 2.24) is 10.2 Å². The van der Waals surface area contributed by atoms with Gasteiger partial charge in [0.15, 0.2) is 0 Å². The molecule has 0 unspecified atom stereocenters. The van der Waals surface area contributed by atoms with Crippen LogP contribution in [0.4, 0.5) is 0 Å². The minimum atomic E-state index is -0.0510. The van der Waals surface area contributed by atoms with E-state index < -0.39 is 0 Å². The quantitative estimate of drug-likeness (QED) is 0.687. The van der Waals surface area contributed by atoms with E-state index in [1.165, 1.54) is 0 Å². The molecule has 0 radical (unpaired) electrons. The second-order valence-corrected chi connectivity index (χ2v) is 3.45. The maximum atomic E-state index is 5.67. The fraction of sp³-hybridized carbons (Fsp3) is 0.750. The molecule has 1 fully saturated rings. The van der Waals surface area contributed by atoms with Crippen LogP contribution < -0.4 is 0 Å². The highest BCUT2D eigenvalue weighted by molar-refractivity contribution is 6.18. The fourth-order valence-electron chi connectivity index (χ4n) is 1.44. The molecule has 0 aromatic carbocycles. The van der Waals surface area contributed by atoms with Gasteiger partial charge in [0.2, 0.25) is 11.8 Å². The van der Waals surface area contributed by atoms with Crippen LogP contribution in [0.15, 0.2) is 4.42 Å². The monoisotopic (exact) mass is 202 g/mol. The van der Waals surface area contributed by atoms with Gasteiger partial charge in [-0.05, 0) is 12.8 Å². The topological polar surface area (TPSA) is 48.2 Å². The first-order valence-electron chi connectivity index (χ1n) is 4.31. The molecule has 0 N–H and O–H groups in total. The van der Waals surface area contributed by atoms with Gasteiger partial charge < -0.3 is 9.15 Å². The molecule has 1 aliphatic rings. The molecule has 0 saturated carbocycles. The van der Waals surface area contributed by atoms with E-state index in [0.29, 0.717) is 17.7 Å². The average Bonchev–Trinajstić information content (AvgIpc) is 2.71. The largest absolute Gasteiger partial charge is 0.423 e. The van der Waals surface area contributed by atoms with Crippen molar-refractivity contribution >= 4 is 11.6 Å². The van der Waals surface area contributed by atoms with Crippen molar-refractivity contribution < 1.29 is 9.15 Å². The predicted octanol–water partition coefficient (Wildman–Crippen LogP) is 1.84. The average molecular weight is 203 g/mol. The highest BCUT2D eigenvalue weighted by Crippen LogP contribution is 2.32. The number of nitrogens with zero attached hydrogens (tertiary/aromatic N) is 2. The van der Waals surface area contributed by atoms with Gasteiger partial charge in [0, 0.05) is 12.8 Å². The Morgan fingerprint density at radius 3 is 2.85 bits per heavy atom. The molecule has 0 aliphatic carbocycles. The molecule has 1 aliphatic heterocycles. The number of aryl methyl sites for hydroxylation is 1. The minimum absolute atomic E-state index is 0.0510. The molecule has 1 aromatic heterocycles. The van der Waals surface area contributed by atoms with Crippen LogP contribution in [-0.2, 0) is 4.74 Å². The Bertz CT molecular complexity index is 289. The van der Waals surface area contributed by atoms with Crippen LogP contribution in [0.3, 0.4) is 0 Å². The van der Waals surface area contributed by atoms with Crippen LogP contribution in [0.1, 0.15) is 30.7 Å². The van der Waals surface area contributed by atoms with E-state index >= 15 is 0 Å². The molecule has 0 amide bonds. The van der Waals surface area contributed by atoms with Gasteiger partial charge in [-0.2, -0.15) is 0 Å². The number of halogens is 1. The first-order valence-corrected chi connectivity index (χ1v) is 4.84. The van der Waals surface area contributed by atoms with Gasteiger partial charge in [-0.15, -0.1) is 21.8 Å². The van der Waals surface area contributed by atoms with Crippen molar-refractivity contribution in [3.8, 4) is 0 Å². The lowest BCUT2D eigenvalue weighted by atomic mass is 10.2. The molecular weight excluding hydrogens is 192 g/mol. The van der Waals surface area contributed by atoms with Gasteiger partial charge in [0.1, 0.15) is 6.10 Å². The Morgan fingerprint density at radius 1 is 1.46 bits per heavy atom. The third-order valence-electron chi connectivity index (χ3n) is 2.10. The number of hydrogen-bond acceptors (Lipinski definition) is 4.